The Morgan fingerprint density at radius 3 is 0.752 bits per heavy atom. The van der Waals surface area contributed by atoms with Crippen molar-refractivity contribution in [2.75, 3.05) is 0 Å². The van der Waals surface area contributed by atoms with Gasteiger partial charge >= 0.3 is 0 Å². The van der Waals surface area contributed by atoms with Crippen LogP contribution in [-0.4, -0.2) is 0 Å². The van der Waals surface area contributed by atoms with Crippen molar-refractivity contribution in [2.45, 2.75) is 158 Å². The Labute approximate surface area is 601 Å². The first-order valence-electron chi connectivity index (χ1n) is 32.5. The second-order valence-electron chi connectivity index (χ2n) is 25.4. The summed E-state index contributed by atoms with van der Waals surface area (Å²) in [7, 11) is 0. The third kappa shape index (κ3) is 27.6. The molecule has 1 unspecified atom stereocenters. The van der Waals surface area contributed by atoms with Gasteiger partial charge in [0.2, 0.25) is 0 Å². The summed E-state index contributed by atoms with van der Waals surface area (Å²) in [6.45, 7) is 30.7. The summed E-state index contributed by atoms with van der Waals surface area (Å²) in [5.41, 5.74) is 7.32. The van der Waals surface area contributed by atoms with Crippen molar-refractivity contribution in [3.8, 4) is 0 Å². The predicted octanol–water partition coefficient (Wildman–Crippen LogP) is 26.8. The molecule has 21 heteroatoms. The standard InChI is InChI=1S/C12H15F.C8H6F4.2C8H7F3.4C8H8F2.2C8H9F/c1-8-3-6-11-10(7-8)5-4-9(2)12(11)13;1-3-5(9)7(11)4(2)8(12)6(3)10;2*1-4-3-6(9)5(2)8(11)7(4)10;1-5-3-8(10)6(2)4-7(5)9;2*1-5-3-7(9)6(2)8(10)4-5;1-5-3-4-6(2)8(10)7(5)9;2*1-6-3-4-7(2)8(9)5-6/h4-5,8H,3,6-7H2,1-2H3;1-2H3;2*3H,1-2H3;4*3-4H,1-2H3;2*3-5H,1-2H3. The SMILES string of the molecule is Cc1c(F)c(F)c(C)c(F)c1F.Cc1cc(F)c(C)c(F)c1.Cc1cc(F)c(C)c(F)c1.Cc1cc(F)c(C)c(F)c1F.Cc1cc(F)c(C)c(F)c1F.Cc1cc(F)c(C)cc1F.Cc1ccc(C)c(F)c1.Cc1ccc(C)c(F)c1.Cc1ccc(C)c(F)c1F.Cc1ccc2c(c1F)CCC(C)C2. The lowest BCUT2D eigenvalue weighted by molar-refractivity contribution is 0.436. The van der Waals surface area contributed by atoms with Crippen LogP contribution in [0, 0.1) is 260 Å². The second kappa shape index (κ2) is 42.0. The first-order chi connectivity index (χ1) is 48.6. The minimum absolute atomic E-state index is 0.00870. The molecule has 0 N–H and O–H groups in total. The van der Waals surface area contributed by atoms with Crippen LogP contribution in [0.5, 0.6) is 0 Å². The molecule has 568 valence electrons. The third-order valence-electron chi connectivity index (χ3n) is 16.2. The number of hydrogen-bond acceptors (Lipinski definition) is 0. The summed E-state index contributed by atoms with van der Waals surface area (Å²) in [5.74, 6) is -14.4. The summed E-state index contributed by atoms with van der Waals surface area (Å²) >= 11 is 0. The topological polar surface area (TPSA) is 0 Å². The molecule has 1 aliphatic carbocycles. The Kier molecular flexibility index (Phi) is 36.7. The van der Waals surface area contributed by atoms with E-state index in [0.717, 1.165) is 73.4 Å². The number of benzene rings is 10. The van der Waals surface area contributed by atoms with Crippen molar-refractivity contribution < 1.29 is 92.2 Å². The largest absolute Gasteiger partial charge is 0.207 e. The molecule has 0 aliphatic heterocycles. The van der Waals surface area contributed by atoms with Crippen LogP contribution in [0.3, 0.4) is 0 Å². The van der Waals surface area contributed by atoms with Gasteiger partial charge < -0.3 is 0 Å². The second-order valence-corrected chi connectivity index (χ2v) is 25.4. The Hall–Kier alpha value is -9.27. The van der Waals surface area contributed by atoms with Gasteiger partial charge in [-0.15, -0.1) is 0 Å². The van der Waals surface area contributed by atoms with E-state index in [0.29, 0.717) is 44.5 Å². The summed E-state index contributed by atoms with van der Waals surface area (Å²) in [6.07, 6.45) is 3.10. The molecular weight excluding hydrogens is 1410 g/mol. The molecule has 0 bridgehead atoms. The van der Waals surface area contributed by atoms with Crippen molar-refractivity contribution in [1.29, 1.82) is 0 Å². The van der Waals surface area contributed by atoms with E-state index in [9.17, 15) is 92.2 Å². The van der Waals surface area contributed by atoms with E-state index >= 15 is 0 Å². The van der Waals surface area contributed by atoms with Gasteiger partial charge in [0.05, 0.1) is 0 Å². The lowest BCUT2D eigenvalue weighted by atomic mass is 9.84. The highest BCUT2D eigenvalue weighted by Crippen LogP contribution is 2.29. The summed E-state index contributed by atoms with van der Waals surface area (Å²) in [4.78, 5) is 0. The molecule has 10 aromatic carbocycles. The quantitative estimate of drug-likeness (QED) is 0.105. The van der Waals surface area contributed by atoms with Gasteiger partial charge in [-0.3, -0.25) is 0 Å². The molecule has 0 heterocycles. The lowest BCUT2D eigenvalue weighted by Crippen LogP contribution is -2.13. The molecule has 0 spiro atoms. The number of rotatable bonds is 0. The van der Waals surface area contributed by atoms with E-state index in [4.69, 9.17) is 0 Å². The predicted molar refractivity (Wildman–Crippen MR) is 375 cm³/mol. The average molecular weight is 1490 g/mol. The van der Waals surface area contributed by atoms with Gasteiger partial charge in [-0.25, -0.2) is 92.2 Å². The van der Waals surface area contributed by atoms with Crippen LogP contribution in [0.4, 0.5) is 92.2 Å². The molecule has 1 atom stereocenters. The smallest absolute Gasteiger partial charge is 0.165 e. The maximum atomic E-state index is 13.6. The van der Waals surface area contributed by atoms with Gasteiger partial charge in [-0.1, -0.05) is 55.5 Å². The van der Waals surface area contributed by atoms with E-state index in [1.807, 2.05) is 39.0 Å². The Morgan fingerprint density at radius 2 is 0.448 bits per heavy atom. The molecule has 11 rings (SSSR count). The van der Waals surface area contributed by atoms with Crippen molar-refractivity contribution in [1.82, 2.24) is 0 Å². The van der Waals surface area contributed by atoms with Crippen molar-refractivity contribution in [2.24, 2.45) is 5.92 Å². The highest BCUT2D eigenvalue weighted by molar-refractivity contribution is 5.36. The fourth-order valence-corrected chi connectivity index (χ4v) is 9.00. The van der Waals surface area contributed by atoms with Gasteiger partial charge in [0.1, 0.15) is 64.0 Å². The maximum Gasteiger partial charge on any atom is 0.165 e. The van der Waals surface area contributed by atoms with Crippen molar-refractivity contribution in [3.05, 3.63) is 348 Å². The van der Waals surface area contributed by atoms with Crippen molar-refractivity contribution in [3.63, 3.8) is 0 Å². The molecule has 1 aliphatic rings. The highest BCUT2D eigenvalue weighted by atomic mass is 19.2. The van der Waals surface area contributed by atoms with Gasteiger partial charge in [0.25, 0.3) is 0 Å². The average Bonchev–Trinajstić information content (AvgIpc) is 0.814. The number of halogens is 21. The van der Waals surface area contributed by atoms with Crippen molar-refractivity contribution >= 4 is 0 Å². The highest BCUT2D eigenvalue weighted by Gasteiger charge is 2.21. The van der Waals surface area contributed by atoms with Gasteiger partial charge in [-0.05, 0) is 301 Å². The van der Waals surface area contributed by atoms with E-state index in [-0.39, 0.29) is 62.5 Å². The van der Waals surface area contributed by atoms with Crippen LogP contribution in [0.25, 0.3) is 0 Å². The number of fused-ring (bicyclic) bond motifs is 1. The maximum absolute atomic E-state index is 13.6. The fourth-order valence-electron chi connectivity index (χ4n) is 9.00. The molecule has 0 fully saturated rings. The molecule has 105 heavy (non-hydrogen) atoms. The molecule has 0 aromatic heterocycles. The van der Waals surface area contributed by atoms with Crippen LogP contribution >= 0.6 is 0 Å². The molecule has 0 radical (unpaired) electrons. The summed E-state index contributed by atoms with van der Waals surface area (Å²) in [6, 6.07) is 27.2. The Balaban J connectivity index is 0.000000397. The monoisotopic (exact) mass is 1490 g/mol. The fraction of sp³-hybridized carbons (Fsp3) is 0.286. The van der Waals surface area contributed by atoms with Gasteiger partial charge in [0, 0.05) is 33.4 Å². The normalized spacial score (nSPS) is 11.5. The zero-order valence-electron chi connectivity index (χ0n) is 62.0. The Bertz CT molecular complexity index is 4160. The first kappa shape index (κ1) is 91.8. The van der Waals surface area contributed by atoms with Crippen LogP contribution in [0.2, 0.25) is 0 Å². The lowest BCUT2D eigenvalue weighted by Gasteiger charge is -2.22. The zero-order chi connectivity index (χ0) is 80.7. The van der Waals surface area contributed by atoms with Crippen LogP contribution in [0.15, 0.2) is 109 Å². The minimum atomic E-state index is -1.33. The van der Waals surface area contributed by atoms with E-state index in [1.165, 1.54) is 123 Å². The molecule has 0 amide bonds. The number of hydrogen-bond donors (Lipinski definition) is 0. The molecule has 10 aromatic rings. The van der Waals surface area contributed by atoms with E-state index in [2.05, 4.69) is 13.0 Å². The minimum Gasteiger partial charge on any atom is -0.207 e. The van der Waals surface area contributed by atoms with Crippen LogP contribution in [-0.2, 0) is 12.8 Å². The van der Waals surface area contributed by atoms with E-state index in [1.54, 1.807) is 52.0 Å². The molecular formula is C84H85F21. The van der Waals surface area contributed by atoms with Crippen LogP contribution in [0.1, 0.15) is 130 Å². The van der Waals surface area contributed by atoms with Gasteiger partial charge in [0.15, 0.2) is 58.2 Å². The molecule has 0 saturated heterocycles. The first-order valence-corrected chi connectivity index (χ1v) is 32.5. The summed E-state index contributed by atoms with van der Waals surface area (Å²) in [5, 5.41) is 0. The Morgan fingerprint density at radius 1 is 0.210 bits per heavy atom. The van der Waals surface area contributed by atoms with Crippen LogP contribution < -0.4 is 0 Å². The van der Waals surface area contributed by atoms with Gasteiger partial charge in [-0.2, -0.15) is 0 Å². The third-order valence-corrected chi connectivity index (χ3v) is 16.2. The summed E-state index contributed by atoms with van der Waals surface area (Å²) < 4.78 is 266. The zero-order valence-corrected chi connectivity index (χ0v) is 62.0. The number of aryl methyl sites for hydroxylation is 13. The van der Waals surface area contributed by atoms with E-state index < -0.39 is 104 Å². The molecule has 0 saturated carbocycles. The molecule has 0 nitrogen and oxygen atoms in total.